The third-order valence-electron chi connectivity index (χ3n) is 5.07. The van der Waals surface area contributed by atoms with Crippen molar-refractivity contribution >= 4 is 10.2 Å². The highest BCUT2D eigenvalue weighted by Crippen LogP contribution is 2.26. The van der Waals surface area contributed by atoms with Gasteiger partial charge in [0.1, 0.15) is 18.1 Å². The van der Waals surface area contributed by atoms with Crippen molar-refractivity contribution in [2.45, 2.75) is 38.8 Å². The topological polar surface area (TPSA) is 78.5 Å². The molecule has 1 fully saturated rings. The second-order valence-corrected chi connectivity index (χ2v) is 8.71. The zero-order valence-electron chi connectivity index (χ0n) is 14.7. The Morgan fingerprint density at radius 2 is 1.81 bits per heavy atom. The largest absolute Gasteiger partial charge is 0.487 e. The highest BCUT2D eigenvalue weighted by molar-refractivity contribution is 7.86. The Hall–Kier alpha value is -1.90. The van der Waals surface area contributed by atoms with E-state index in [1.54, 1.807) is 8.61 Å². The molecule has 0 aliphatic carbocycles. The fraction of sp³-hybridized carbons (Fsp3) is 0.500. The molecule has 8 heteroatoms. The van der Waals surface area contributed by atoms with Crippen molar-refractivity contribution in [3.8, 4) is 5.75 Å². The first-order chi connectivity index (χ1) is 12.6. The molecule has 2 aromatic rings. The maximum Gasteiger partial charge on any atom is 0.282 e. The summed E-state index contributed by atoms with van der Waals surface area (Å²) in [7, 11) is -3.41. The molecule has 1 aromatic heterocycles. The molecule has 1 N–H and O–H groups in total. The molecule has 1 aromatic carbocycles. The SMILES string of the molecule is O=S(=O)(N1CCCCC1)N1CCc2[nH]nc(COc3ccccc3)c2C1. The molecule has 140 valence electrons. The molecular weight excluding hydrogens is 352 g/mol. The number of hydrogen-bond donors (Lipinski definition) is 1. The van der Waals surface area contributed by atoms with Crippen LogP contribution >= 0.6 is 0 Å². The van der Waals surface area contributed by atoms with Gasteiger partial charge in [0.2, 0.25) is 0 Å². The van der Waals surface area contributed by atoms with Crippen LogP contribution in [-0.2, 0) is 29.8 Å². The van der Waals surface area contributed by atoms with Crippen LogP contribution in [0.1, 0.15) is 36.2 Å². The molecular formula is C18H24N4O3S. The minimum absolute atomic E-state index is 0.327. The van der Waals surface area contributed by atoms with Crippen molar-refractivity contribution in [1.29, 1.82) is 0 Å². The Morgan fingerprint density at radius 1 is 1.04 bits per heavy atom. The van der Waals surface area contributed by atoms with Crippen molar-refractivity contribution in [3.63, 3.8) is 0 Å². The van der Waals surface area contributed by atoms with Crippen LogP contribution in [0, 0.1) is 0 Å². The van der Waals surface area contributed by atoms with Gasteiger partial charge in [0.15, 0.2) is 0 Å². The van der Waals surface area contributed by atoms with Crippen molar-refractivity contribution in [3.05, 3.63) is 47.3 Å². The molecule has 2 aliphatic heterocycles. The summed E-state index contributed by atoms with van der Waals surface area (Å²) in [5.74, 6) is 0.776. The zero-order valence-corrected chi connectivity index (χ0v) is 15.5. The molecule has 26 heavy (non-hydrogen) atoms. The van der Waals surface area contributed by atoms with E-state index in [-0.39, 0.29) is 0 Å². The summed E-state index contributed by atoms with van der Waals surface area (Å²) in [5.41, 5.74) is 2.75. The van der Waals surface area contributed by atoms with Crippen LogP contribution in [0.4, 0.5) is 0 Å². The lowest BCUT2D eigenvalue weighted by Gasteiger charge is -2.33. The predicted molar refractivity (Wildman–Crippen MR) is 97.8 cm³/mol. The van der Waals surface area contributed by atoms with Gasteiger partial charge in [-0.2, -0.15) is 22.1 Å². The summed E-state index contributed by atoms with van der Waals surface area (Å²) in [6.45, 7) is 2.43. The monoisotopic (exact) mass is 376 g/mol. The molecule has 7 nitrogen and oxygen atoms in total. The molecule has 0 amide bonds. The van der Waals surface area contributed by atoms with Crippen LogP contribution in [0.2, 0.25) is 0 Å². The van der Waals surface area contributed by atoms with Crippen molar-refractivity contribution in [1.82, 2.24) is 18.8 Å². The molecule has 0 saturated carbocycles. The van der Waals surface area contributed by atoms with E-state index in [0.29, 0.717) is 39.2 Å². The molecule has 2 aliphatic rings. The second kappa shape index (κ2) is 7.38. The quantitative estimate of drug-likeness (QED) is 0.867. The standard InChI is InChI=1S/C18H24N4O3S/c23-26(24,21-10-5-2-6-11-21)22-12-9-17-16(13-22)18(20-19-17)14-25-15-7-3-1-4-8-15/h1,3-4,7-8H,2,5-6,9-14H2,(H,19,20). The summed E-state index contributed by atoms with van der Waals surface area (Å²) < 4.78 is 34.9. The first kappa shape index (κ1) is 17.5. The molecule has 1 saturated heterocycles. The predicted octanol–water partition coefficient (Wildman–Crippen LogP) is 2.08. The van der Waals surface area contributed by atoms with Gasteiger partial charge in [-0.15, -0.1) is 0 Å². The van der Waals surface area contributed by atoms with Crippen LogP contribution in [0.25, 0.3) is 0 Å². The van der Waals surface area contributed by atoms with Gasteiger partial charge in [0.25, 0.3) is 10.2 Å². The van der Waals surface area contributed by atoms with Crippen LogP contribution in [0.5, 0.6) is 5.75 Å². The average molecular weight is 376 g/mol. The Labute approximate surface area is 154 Å². The summed E-state index contributed by atoms with van der Waals surface area (Å²) in [5, 5.41) is 7.41. The Kier molecular flexibility index (Phi) is 4.97. The molecule has 3 heterocycles. The number of aromatic amines is 1. The molecule has 4 rings (SSSR count). The van der Waals surface area contributed by atoms with E-state index in [1.807, 2.05) is 30.3 Å². The third-order valence-corrected chi connectivity index (χ3v) is 7.05. The number of hydrogen-bond acceptors (Lipinski definition) is 4. The van der Waals surface area contributed by atoms with E-state index in [0.717, 1.165) is 42.0 Å². The zero-order chi connectivity index (χ0) is 18.0. The lowest BCUT2D eigenvalue weighted by Crippen LogP contribution is -2.47. The minimum atomic E-state index is -3.41. The van der Waals surface area contributed by atoms with Crippen molar-refractivity contribution < 1.29 is 13.2 Å². The van der Waals surface area contributed by atoms with Gasteiger partial charge < -0.3 is 4.74 Å². The Morgan fingerprint density at radius 3 is 2.58 bits per heavy atom. The summed E-state index contributed by atoms with van der Waals surface area (Å²) >= 11 is 0. The van der Waals surface area contributed by atoms with E-state index in [1.165, 1.54) is 0 Å². The van der Waals surface area contributed by atoms with Crippen LogP contribution in [-0.4, -0.2) is 46.9 Å². The van der Waals surface area contributed by atoms with Gasteiger partial charge in [0, 0.05) is 43.9 Å². The lowest BCUT2D eigenvalue weighted by molar-refractivity contribution is 0.286. The van der Waals surface area contributed by atoms with Crippen molar-refractivity contribution in [2.24, 2.45) is 0 Å². The lowest BCUT2D eigenvalue weighted by atomic mass is 10.1. The van der Waals surface area contributed by atoms with Gasteiger partial charge in [-0.25, -0.2) is 0 Å². The number of para-hydroxylation sites is 1. The maximum absolute atomic E-state index is 13.0. The number of rotatable bonds is 5. The fourth-order valence-corrected chi connectivity index (χ4v) is 5.23. The number of fused-ring (bicyclic) bond motifs is 1. The fourth-order valence-electron chi connectivity index (χ4n) is 3.57. The molecule has 0 spiro atoms. The van der Waals surface area contributed by atoms with Gasteiger partial charge in [0.05, 0.1) is 0 Å². The number of nitrogens with zero attached hydrogens (tertiary/aromatic N) is 3. The summed E-state index contributed by atoms with van der Waals surface area (Å²) in [4.78, 5) is 0. The Bertz CT molecular complexity index is 845. The minimum Gasteiger partial charge on any atom is -0.487 e. The molecule has 0 unspecified atom stereocenters. The maximum atomic E-state index is 13.0. The van der Waals surface area contributed by atoms with E-state index in [2.05, 4.69) is 10.2 Å². The van der Waals surface area contributed by atoms with E-state index in [4.69, 9.17) is 4.74 Å². The van der Waals surface area contributed by atoms with Gasteiger partial charge in [-0.1, -0.05) is 24.6 Å². The van der Waals surface area contributed by atoms with Crippen LogP contribution < -0.4 is 4.74 Å². The number of ether oxygens (including phenoxy) is 1. The average Bonchev–Trinajstić information content (AvgIpc) is 3.10. The van der Waals surface area contributed by atoms with Crippen LogP contribution in [0.15, 0.2) is 30.3 Å². The summed E-state index contributed by atoms with van der Waals surface area (Å²) in [6, 6.07) is 9.57. The van der Waals surface area contributed by atoms with E-state index < -0.39 is 10.2 Å². The first-order valence-electron chi connectivity index (χ1n) is 9.12. The summed E-state index contributed by atoms with van der Waals surface area (Å²) in [6.07, 6.45) is 3.65. The number of aromatic nitrogens is 2. The van der Waals surface area contributed by atoms with Crippen LogP contribution in [0.3, 0.4) is 0 Å². The number of nitrogens with one attached hydrogen (secondary N) is 1. The van der Waals surface area contributed by atoms with Crippen molar-refractivity contribution in [2.75, 3.05) is 19.6 Å². The smallest absolute Gasteiger partial charge is 0.282 e. The van der Waals surface area contributed by atoms with Gasteiger partial charge in [-0.3, -0.25) is 5.10 Å². The Balaban J connectivity index is 1.48. The van der Waals surface area contributed by atoms with Gasteiger partial charge in [-0.05, 0) is 25.0 Å². The van der Waals surface area contributed by atoms with E-state index in [9.17, 15) is 8.42 Å². The number of H-pyrrole nitrogens is 1. The normalized spacial score (nSPS) is 19.2. The third kappa shape index (κ3) is 3.49. The molecule has 0 atom stereocenters. The second-order valence-electron chi connectivity index (χ2n) is 6.78. The van der Waals surface area contributed by atoms with Gasteiger partial charge >= 0.3 is 0 Å². The number of piperidine rings is 1. The highest BCUT2D eigenvalue weighted by atomic mass is 32.2. The van der Waals surface area contributed by atoms with E-state index >= 15 is 0 Å². The molecule has 0 radical (unpaired) electrons. The number of benzene rings is 1. The highest BCUT2D eigenvalue weighted by Gasteiger charge is 2.34. The molecule has 0 bridgehead atoms. The first-order valence-corrected chi connectivity index (χ1v) is 10.5.